The van der Waals surface area contributed by atoms with Crippen LogP contribution in [0.25, 0.3) is 5.65 Å². The van der Waals surface area contributed by atoms with Crippen molar-refractivity contribution in [3.8, 4) is 5.75 Å². The van der Waals surface area contributed by atoms with E-state index in [2.05, 4.69) is 41.5 Å². The number of amides is 1. The molecule has 0 aliphatic rings. The third-order valence-corrected chi connectivity index (χ3v) is 4.83. The van der Waals surface area contributed by atoms with Gasteiger partial charge in [0.2, 0.25) is 0 Å². The molecular weight excluding hydrogens is 380 g/mol. The lowest BCUT2D eigenvalue weighted by molar-refractivity contribution is 0.0922. The van der Waals surface area contributed by atoms with E-state index in [1.54, 1.807) is 12.1 Å². The maximum Gasteiger partial charge on any atom is 0.287 e. The molecule has 30 heavy (non-hydrogen) atoms. The number of carbonyl (C=O) groups is 1. The van der Waals surface area contributed by atoms with Gasteiger partial charge in [-0.3, -0.25) is 9.20 Å². The average Bonchev–Trinajstić information content (AvgIpc) is 3.40. The number of fused-ring (bicyclic) bond motifs is 1. The van der Waals surface area contributed by atoms with Gasteiger partial charge in [0.1, 0.15) is 23.9 Å². The van der Waals surface area contributed by atoms with Gasteiger partial charge in [-0.2, -0.15) is 0 Å². The van der Waals surface area contributed by atoms with Crippen molar-refractivity contribution in [2.45, 2.75) is 32.8 Å². The number of carbonyl (C=O) groups excluding carboxylic acids is 1. The van der Waals surface area contributed by atoms with E-state index in [0.29, 0.717) is 24.6 Å². The molecular formula is C23H24N4O3. The summed E-state index contributed by atoms with van der Waals surface area (Å²) >= 11 is 0. The number of pyridine rings is 1. The standard InChI is InChI=1S/C23H24N4O3/c1-16(2)17-6-8-18(9-7-17)29-15-19-10-11-20(30-19)23(28)24-13-12-22-26-25-21-5-3-4-14-27(21)22/h3-11,14,16H,12-13,15H2,1-2H3,(H,24,28). The molecule has 0 saturated carbocycles. The number of hydrogen-bond donors (Lipinski definition) is 1. The van der Waals surface area contributed by atoms with Gasteiger partial charge in [0.15, 0.2) is 11.4 Å². The molecule has 0 radical (unpaired) electrons. The van der Waals surface area contributed by atoms with Crippen LogP contribution in [0.1, 0.15) is 47.5 Å². The van der Waals surface area contributed by atoms with Crippen LogP contribution < -0.4 is 10.1 Å². The molecule has 0 aliphatic heterocycles. The third-order valence-electron chi connectivity index (χ3n) is 4.83. The number of nitrogens with one attached hydrogen (secondary N) is 1. The average molecular weight is 404 g/mol. The monoisotopic (exact) mass is 404 g/mol. The molecule has 7 nitrogen and oxygen atoms in total. The summed E-state index contributed by atoms with van der Waals surface area (Å²) in [6, 6.07) is 17.1. The first-order valence-corrected chi connectivity index (χ1v) is 9.98. The molecule has 4 aromatic rings. The quantitative estimate of drug-likeness (QED) is 0.480. The second-order valence-corrected chi connectivity index (χ2v) is 7.33. The highest BCUT2D eigenvalue weighted by molar-refractivity contribution is 5.91. The first kappa shape index (κ1) is 19.7. The number of nitrogens with zero attached hydrogens (tertiary/aromatic N) is 3. The largest absolute Gasteiger partial charge is 0.486 e. The highest BCUT2D eigenvalue weighted by Gasteiger charge is 2.12. The van der Waals surface area contributed by atoms with Gasteiger partial charge < -0.3 is 14.5 Å². The Balaban J connectivity index is 1.27. The second-order valence-electron chi connectivity index (χ2n) is 7.33. The van der Waals surface area contributed by atoms with Crippen molar-refractivity contribution in [3.05, 3.63) is 83.7 Å². The lowest BCUT2D eigenvalue weighted by Crippen LogP contribution is -2.25. The summed E-state index contributed by atoms with van der Waals surface area (Å²) in [5, 5.41) is 11.1. The number of benzene rings is 1. The molecule has 4 rings (SSSR count). The van der Waals surface area contributed by atoms with Gasteiger partial charge in [0, 0.05) is 19.2 Å². The smallest absolute Gasteiger partial charge is 0.287 e. The first-order valence-electron chi connectivity index (χ1n) is 9.98. The second kappa shape index (κ2) is 8.82. The van der Waals surface area contributed by atoms with Crippen LogP contribution in [0.2, 0.25) is 0 Å². The van der Waals surface area contributed by atoms with E-state index in [1.807, 2.05) is 40.9 Å². The van der Waals surface area contributed by atoms with Crippen LogP contribution in [0, 0.1) is 0 Å². The minimum absolute atomic E-state index is 0.259. The Morgan fingerprint density at radius 3 is 2.73 bits per heavy atom. The number of furan rings is 1. The van der Waals surface area contributed by atoms with Gasteiger partial charge in [-0.25, -0.2) is 0 Å². The summed E-state index contributed by atoms with van der Waals surface area (Å²) in [5.74, 6) is 2.63. The predicted octanol–water partition coefficient (Wildman–Crippen LogP) is 4.00. The zero-order valence-electron chi connectivity index (χ0n) is 17.0. The maximum absolute atomic E-state index is 12.3. The van der Waals surface area contributed by atoms with Gasteiger partial charge in [-0.05, 0) is 47.9 Å². The number of aromatic nitrogens is 3. The molecule has 1 aromatic carbocycles. The molecule has 1 N–H and O–H groups in total. The van der Waals surface area contributed by atoms with Crippen LogP contribution >= 0.6 is 0 Å². The highest BCUT2D eigenvalue weighted by atomic mass is 16.5. The summed E-state index contributed by atoms with van der Waals surface area (Å²) in [6.07, 6.45) is 2.47. The molecule has 0 fully saturated rings. The molecule has 7 heteroatoms. The fourth-order valence-electron chi connectivity index (χ4n) is 3.12. The van der Waals surface area contributed by atoms with Gasteiger partial charge in [0.05, 0.1) is 0 Å². The van der Waals surface area contributed by atoms with Crippen LogP contribution in [0.4, 0.5) is 0 Å². The van der Waals surface area contributed by atoms with Gasteiger partial charge in [-0.15, -0.1) is 10.2 Å². The van der Waals surface area contributed by atoms with Crippen molar-refractivity contribution >= 4 is 11.6 Å². The van der Waals surface area contributed by atoms with E-state index < -0.39 is 0 Å². The minimum atomic E-state index is -0.267. The molecule has 1 amide bonds. The van der Waals surface area contributed by atoms with E-state index in [9.17, 15) is 4.79 Å². The number of hydrogen-bond acceptors (Lipinski definition) is 5. The number of rotatable bonds is 8. The SMILES string of the molecule is CC(C)c1ccc(OCc2ccc(C(=O)NCCc3nnc4ccccn34)o2)cc1. The lowest BCUT2D eigenvalue weighted by Gasteiger charge is -2.08. The van der Waals surface area contributed by atoms with Crippen LogP contribution in [0.15, 0.2) is 65.2 Å². The summed E-state index contributed by atoms with van der Waals surface area (Å²) in [4.78, 5) is 12.3. The Hall–Kier alpha value is -3.61. The van der Waals surface area contributed by atoms with Crippen molar-refractivity contribution < 1.29 is 13.9 Å². The Morgan fingerprint density at radius 1 is 1.10 bits per heavy atom. The molecule has 0 saturated heterocycles. The Bertz CT molecular complexity index is 1130. The minimum Gasteiger partial charge on any atom is -0.486 e. The molecule has 0 spiro atoms. The fraction of sp³-hybridized carbons (Fsp3) is 0.261. The van der Waals surface area contributed by atoms with E-state index >= 15 is 0 Å². The molecule has 0 atom stereocenters. The van der Waals surface area contributed by atoms with Crippen molar-refractivity contribution in [2.24, 2.45) is 0 Å². The van der Waals surface area contributed by atoms with Gasteiger partial charge >= 0.3 is 0 Å². The van der Waals surface area contributed by atoms with E-state index in [0.717, 1.165) is 17.2 Å². The Labute approximate surface area is 174 Å². The maximum atomic E-state index is 12.3. The van der Waals surface area contributed by atoms with E-state index in [-0.39, 0.29) is 18.3 Å². The van der Waals surface area contributed by atoms with Gasteiger partial charge in [0.25, 0.3) is 5.91 Å². The predicted molar refractivity (Wildman–Crippen MR) is 113 cm³/mol. The molecule has 154 valence electrons. The fourth-order valence-corrected chi connectivity index (χ4v) is 3.12. The molecule has 0 bridgehead atoms. The Morgan fingerprint density at radius 2 is 1.93 bits per heavy atom. The summed E-state index contributed by atoms with van der Waals surface area (Å²) < 4.78 is 13.3. The third kappa shape index (κ3) is 4.51. The van der Waals surface area contributed by atoms with E-state index in [1.165, 1.54) is 5.56 Å². The highest BCUT2D eigenvalue weighted by Crippen LogP contribution is 2.20. The zero-order valence-corrected chi connectivity index (χ0v) is 17.0. The Kier molecular flexibility index (Phi) is 5.79. The molecule has 0 unspecified atom stereocenters. The van der Waals surface area contributed by atoms with Crippen molar-refractivity contribution in [2.75, 3.05) is 6.54 Å². The zero-order chi connectivity index (χ0) is 20.9. The summed E-state index contributed by atoms with van der Waals surface area (Å²) in [7, 11) is 0. The molecule has 3 aromatic heterocycles. The summed E-state index contributed by atoms with van der Waals surface area (Å²) in [5.41, 5.74) is 2.05. The van der Waals surface area contributed by atoms with Gasteiger partial charge in [-0.1, -0.05) is 32.0 Å². The normalized spacial score (nSPS) is 11.2. The molecule has 0 aliphatic carbocycles. The van der Waals surface area contributed by atoms with Crippen molar-refractivity contribution in [1.82, 2.24) is 19.9 Å². The topological polar surface area (TPSA) is 81.7 Å². The summed E-state index contributed by atoms with van der Waals surface area (Å²) in [6.45, 7) is 5.00. The lowest BCUT2D eigenvalue weighted by atomic mass is 10.0. The van der Waals surface area contributed by atoms with E-state index in [4.69, 9.17) is 9.15 Å². The van der Waals surface area contributed by atoms with Crippen molar-refractivity contribution in [3.63, 3.8) is 0 Å². The first-order chi connectivity index (χ1) is 14.6. The number of ether oxygens (including phenoxy) is 1. The van der Waals surface area contributed by atoms with Crippen LogP contribution in [0.3, 0.4) is 0 Å². The molecule has 3 heterocycles. The van der Waals surface area contributed by atoms with Crippen LogP contribution in [-0.2, 0) is 13.0 Å². The van der Waals surface area contributed by atoms with Crippen molar-refractivity contribution in [1.29, 1.82) is 0 Å². The van der Waals surface area contributed by atoms with Crippen LogP contribution in [0.5, 0.6) is 5.75 Å². The van der Waals surface area contributed by atoms with Crippen LogP contribution in [-0.4, -0.2) is 27.0 Å².